The van der Waals surface area contributed by atoms with Crippen LogP contribution < -0.4 is 10.6 Å². The van der Waals surface area contributed by atoms with E-state index in [-0.39, 0.29) is 13.2 Å². The highest BCUT2D eigenvalue weighted by atomic mass is 35.5. The van der Waals surface area contributed by atoms with Crippen molar-refractivity contribution < 1.29 is 19.7 Å². The second kappa shape index (κ2) is 13.3. The number of nitrogens with one attached hydrogen (secondary N) is 2. The molecule has 0 amide bonds. The van der Waals surface area contributed by atoms with E-state index in [1.165, 1.54) is 0 Å². The van der Waals surface area contributed by atoms with Gasteiger partial charge in [0.2, 0.25) is 5.95 Å². The molecule has 1 heterocycles. The summed E-state index contributed by atoms with van der Waals surface area (Å²) in [5.74, 6) is 1.07. The van der Waals surface area contributed by atoms with Crippen LogP contribution in [-0.4, -0.2) is 72.9 Å². The number of halogens is 1. The number of aliphatic hydroxyl groups excluding tert-OH is 2. The van der Waals surface area contributed by atoms with E-state index in [4.69, 9.17) is 31.3 Å². The third-order valence-electron chi connectivity index (χ3n) is 2.72. The second-order valence-electron chi connectivity index (χ2n) is 4.62. The summed E-state index contributed by atoms with van der Waals surface area (Å²) in [6, 6.07) is 0. The van der Waals surface area contributed by atoms with Gasteiger partial charge in [-0.2, -0.15) is 4.98 Å². The van der Waals surface area contributed by atoms with Gasteiger partial charge in [0, 0.05) is 26.3 Å². The fourth-order valence-corrected chi connectivity index (χ4v) is 1.82. The highest BCUT2D eigenvalue weighted by Crippen LogP contribution is 2.19. The molecule has 0 aromatic carbocycles. The van der Waals surface area contributed by atoms with E-state index in [1.807, 2.05) is 0 Å². The van der Waals surface area contributed by atoms with Gasteiger partial charge in [-0.1, -0.05) is 11.6 Å². The minimum absolute atomic E-state index is 0.0330. The number of ether oxygens (including phenoxy) is 2. The molecule has 8 nitrogen and oxygen atoms in total. The van der Waals surface area contributed by atoms with E-state index in [2.05, 4.69) is 20.6 Å². The Kier molecular flexibility index (Phi) is 11.5. The van der Waals surface area contributed by atoms with Crippen LogP contribution in [-0.2, 0) is 9.47 Å². The fourth-order valence-electron chi connectivity index (χ4n) is 1.66. The third kappa shape index (κ3) is 9.52. The van der Waals surface area contributed by atoms with Crippen molar-refractivity contribution in [2.45, 2.75) is 12.8 Å². The van der Waals surface area contributed by atoms with Gasteiger partial charge >= 0.3 is 0 Å². The summed E-state index contributed by atoms with van der Waals surface area (Å²) < 4.78 is 10.3. The summed E-state index contributed by atoms with van der Waals surface area (Å²) in [7, 11) is 0. The number of hydrogen-bond donors (Lipinski definition) is 4. The van der Waals surface area contributed by atoms with Crippen molar-refractivity contribution in [3.8, 4) is 0 Å². The summed E-state index contributed by atoms with van der Waals surface area (Å²) in [6.45, 7) is 3.24. The number of rotatable bonds is 14. The van der Waals surface area contributed by atoms with Crippen molar-refractivity contribution in [3.05, 3.63) is 11.2 Å². The largest absolute Gasteiger partial charge is 0.394 e. The van der Waals surface area contributed by atoms with Crippen LogP contribution in [0.3, 0.4) is 0 Å². The van der Waals surface area contributed by atoms with E-state index >= 15 is 0 Å². The second-order valence-corrected chi connectivity index (χ2v) is 5.03. The lowest BCUT2D eigenvalue weighted by molar-refractivity contribution is 0.0921. The van der Waals surface area contributed by atoms with Gasteiger partial charge in [-0.05, 0) is 12.8 Å². The van der Waals surface area contributed by atoms with Gasteiger partial charge in [-0.3, -0.25) is 0 Å². The quantitative estimate of drug-likeness (QED) is 0.365. The van der Waals surface area contributed by atoms with Gasteiger partial charge < -0.3 is 30.3 Å². The smallest absolute Gasteiger partial charge is 0.224 e. The molecule has 0 bridgehead atoms. The minimum atomic E-state index is 0.0330. The van der Waals surface area contributed by atoms with Crippen molar-refractivity contribution in [3.63, 3.8) is 0 Å². The number of aromatic nitrogens is 2. The zero-order valence-electron chi connectivity index (χ0n) is 13.1. The molecule has 1 rings (SSSR count). The topological polar surface area (TPSA) is 109 Å². The summed E-state index contributed by atoms with van der Waals surface area (Å²) in [6.07, 6.45) is 3.12. The lowest BCUT2D eigenvalue weighted by atomic mass is 10.4. The summed E-state index contributed by atoms with van der Waals surface area (Å²) in [5, 5.41) is 23.9. The summed E-state index contributed by atoms with van der Waals surface area (Å²) in [5.41, 5.74) is 0. The Balaban J connectivity index is 2.25. The molecule has 1 aromatic rings. The lowest BCUT2D eigenvalue weighted by Crippen LogP contribution is -2.12. The number of anilines is 2. The molecule has 0 spiro atoms. The van der Waals surface area contributed by atoms with Crippen molar-refractivity contribution in [2.24, 2.45) is 0 Å². The molecule has 0 aliphatic heterocycles. The molecular weight excluding hydrogens is 324 g/mol. The van der Waals surface area contributed by atoms with Crippen LogP contribution in [0.15, 0.2) is 6.20 Å². The van der Waals surface area contributed by atoms with Gasteiger partial charge in [0.05, 0.1) is 32.6 Å². The van der Waals surface area contributed by atoms with Crippen LogP contribution in [0.5, 0.6) is 0 Å². The van der Waals surface area contributed by atoms with Gasteiger partial charge in [0.15, 0.2) is 0 Å². The Labute approximate surface area is 141 Å². The van der Waals surface area contributed by atoms with E-state index in [0.717, 1.165) is 12.8 Å². The first-order valence-corrected chi connectivity index (χ1v) is 8.03. The molecule has 4 N–H and O–H groups in total. The maximum Gasteiger partial charge on any atom is 0.224 e. The van der Waals surface area contributed by atoms with Crippen LogP contribution in [0.25, 0.3) is 0 Å². The molecule has 0 atom stereocenters. The van der Waals surface area contributed by atoms with Gasteiger partial charge in [-0.25, -0.2) is 4.98 Å². The van der Waals surface area contributed by atoms with Crippen LogP contribution in [0, 0.1) is 0 Å². The van der Waals surface area contributed by atoms with Crippen molar-refractivity contribution >= 4 is 23.4 Å². The zero-order chi connectivity index (χ0) is 16.8. The van der Waals surface area contributed by atoms with Gasteiger partial charge in [-0.15, -0.1) is 0 Å². The van der Waals surface area contributed by atoms with Gasteiger partial charge in [0.1, 0.15) is 10.8 Å². The van der Waals surface area contributed by atoms with Gasteiger partial charge in [0.25, 0.3) is 0 Å². The number of aliphatic hydroxyl groups is 2. The van der Waals surface area contributed by atoms with Crippen molar-refractivity contribution in [2.75, 3.05) is 63.4 Å². The van der Waals surface area contributed by atoms with Crippen LogP contribution in [0.4, 0.5) is 11.8 Å². The Bertz CT molecular complexity index is 426. The number of hydrogen-bond acceptors (Lipinski definition) is 8. The molecule has 0 unspecified atom stereocenters. The molecule has 132 valence electrons. The Morgan fingerprint density at radius 1 is 0.957 bits per heavy atom. The highest BCUT2D eigenvalue weighted by Gasteiger charge is 2.04. The first-order chi connectivity index (χ1) is 11.3. The molecule has 0 aliphatic rings. The van der Waals surface area contributed by atoms with E-state index < -0.39 is 0 Å². The Morgan fingerprint density at radius 2 is 1.57 bits per heavy atom. The van der Waals surface area contributed by atoms with E-state index in [0.29, 0.717) is 56.3 Å². The molecule has 1 aromatic heterocycles. The highest BCUT2D eigenvalue weighted by molar-refractivity contribution is 6.32. The monoisotopic (exact) mass is 348 g/mol. The number of nitrogens with zero attached hydrogens (tertiary/aromatic N) is 2. The molecular formula is C14H25ClN4O4. The molecule has 0 saturated carbocycles. The first kappa shape index (κ1) is 19.9. The predicted octanol–water partition coefficient (Wildman–Crippen LogP) is 0.752. The maximum absolute atomic E-state index is 8.60. The first-order valence-electron chi connectivity index (χ1n) is 7.65. The minimum Gasteiger partial charge on any atom is -0.394 e. The molecule has 0 radical (unpaired) electrons. The van der Waals surface area contributed by atoms with Crippen molar-refractivity contribution in [1.82, 2.24) is 9.97 Å². The van der Waals surface area contributed by atoms with E-state index in [9.17, 15) is 0 Å². The summed E-state index contributed by atoms with van der Waals surface area (Å²) in [4.78, 5) is 8.43. The Hall–Kier alpha value is -1.19. The molecule has 0 saturated heterocycles. The average molecular weight is 349 g/mol. The molecule has 0 aliphatic carbocycles. The van der Waals surface area contributed by atoms with Crippen molar-refractivity contribution in [1.29, 1.82) is 0 Å². The standard InChI is InChI=1S/C14H25ClN4O4/c15-12-11-18-14(17-4-2-8-23-10-6-21)19-13(12)16-3-1-7-22-9-5-20/h11,20-21H,1-10H2,(H2,16,17,18,19). The third-order valence-corrected chi connectivity index (χ3v) is 3.00. The molecule has 0 fully saturated rings. The lowest BCUT2D eigenvalue weighted by Gasteiger charge is -2.10. The fraction of sp³-hybridized carbons (Fsp3) is 0.714. The Morgan fingerprint density at radius 3 is 2.17 bits per heavy atom. The van der Waals surface area contributed by atoms with Crippen LogP contribution in [0.1, 0.15) is 12.8 Å². The van der Waals surface area contributed by atoms with Crippen LogP contribution in [0.2, 0.25) is 5.02 Å². The maximum atomic E-state index is 8.60. The van der Waals surface area contributed by atoms with E-state index in [1.54, 1.807) is 6.20 Å². The zero-order valence-corrected chi connectivity index (χ0v) is 13.9. The molecule has 23 heavy (non-hydrogen) atoms. The SMILES string of the molecule is OCCOCCCNc1ncc(Cl)c(NCCCOCCO)n1. The normalized spacial score (nSPS) is 10.7. The van der Waals surface area contributed by atoms with Crippen LogP contribution >= 0.6 is 11.6 Å². The average Bonchev–Trinajstić information content (AvgIpc) is 2.56. The predicted molar refractivity (Wildman–Crippen MR) is 89.1 cm³/mol. The molecule has 9 heteroatoms. The summed E-state index contributed by atoms with van der Waals surface area (Å²) >= 11 is 6.05.